The fourth-order valence-corrected chi connectivity index (χ4v) is 4.00. The maximum absolute atomic E-state index is 12.7. The van der Waals surface area contributed by atoms with Crippen molar-refractivity contribution in [2.24, 2.45) is 0 Å². The van der Waals surface area contributed by atoms with Crippen LogP contribution in [0, 0.1) is 0 Å². The van der Waals surface area contributed by atoms with Crippen molar-refractivity contribution in [3.63, 3.8) is 0 Å². The molecule has 0 bridgehead atoms. The van der Waals surface area contributed by atoms with Crippen LogP contribution >= 0.6 is 0 Å². The Labute approximate surface area is 175 Å². The number of benzene rings is 2. The molecule has 0 saturated carbocycles. The SMILES string of the molecule is COc1ccc([C@@H](CNC(=O)C[C@@H]2OC(=O)c3ccccc32)N2CCOCC2)cc1. The number of hydrogen-bond acceptors (Lipinski definition) is 6. The van der Waals surface area contributed by atoms with Crippen LogP contribution in [0.4, 0.5) is 0 Å². The van der Waals surface area contributed by atoms with Gasteiger partial charge in [-0.15, -0.1) is 0 Å². The maximum atomic E-state index is 12.7. The molecule has 30 heavy (non-hydrogen) atoms. The second kappa shape index (κ2) is 9.28. The lowest BCUT2D eigenvalue weighted by Gasteiger charge is -2.35. The predicted molar refractivity (Wildman–Crippen MR) is 110 cm³/mol. The minimum atomic E-state index is -0.531. The van der Waals surface area contributed by atoms with Crippen LogP contribution in [0.15, 0.2) is 48.5 Å². The van der Waals surface area contributed by atoms with Gasteiger partial charge in [-0.25, -0.2) is 4.79 Å². The van der Waals surface area contributed by atoms with Gasteiger partial charge in [0.1, 0.15) is 11.9 Å². The van der Waals surface area contributed by atoms with E-state index in [4.69, 9.17) is 14.2 Å². The van der Waals surface area contributed by atoms with Crippen LogP contribution in [0.3, 0.4) is 0 Å². The Morgan fingerprint density at radius 1 is 1.17 bits per heavy atom. The summed E-state index contributed by atoms with van der Waals surface area (Å²) in [6, 6.07) is 15.2. The Morgan fingerprint density at radius 2 is 1.90 bits per heavy atom. The number of methoxy groups -OCH3 is 1. The van der Waals surface area contributed by atoms with Gasteiger partial charge < -0.3 is 19.5 Å². The second-order valence-corrected chi connectivity index (χ2v) is 7.43. The normalized spacial score (nSPS) is 19.6. The fourth-order valence-electron chi connectivity index (χ4n) is 4.00. The first kappa shape index (κ1) is 20.4. The van der Waals surface area contributed by atoms with Crippen LogP contribution in [-0.2, 0) is 14.3 Å². The molecule has 7 heteroatoms. The van der Waals surface area contributed by atoms with Gasteiger partial charge in [0.15, 0.2) is 0 Å². The van der Waals surface area contributed by atoms with Crippen LogP contribution in [0.1, 0.15) is 40.1 Å². The molecule has 2 aliphatic heterocycles. The minimum absolute atomic E-state index is 0.0298. The number of morpholine rings is 1. The highest BCUT2D eigenvalue weighted by Gasteiger charge is 2.32. The molecule has 0 radical (unpaired) electrons. The average molecular weight is 410 g/mol. The first-order valence-corrected chi connectivity index (χ1v) is 10.2. The topological polar surface area (TPSA) is 77.1 Å². The van der Waals surface area contributed by atoms with Crippen molar-refractivity contribution >= 4 is 11.9 Å². The van der Waals surface area contributed by atoms with Crippen molar-refractivity contribution in [2.75, 3.05) is 40.0 Å². The zero-order valence-electron chi connectivity index (χ0n) is 17.0. The highest BCUT2D eigenvalue weighted by molar-refractivity contribution is 5.94. The standard InChI is InChI=1S/C23H26N2O5/c1-28-17-8-6-16(7-9-17)20(25-10-12-29-13-11-25)15-24-22(26)14-21-18-4-2-3-5-19(18)23(27)30-21/h2-9,20-21H,10-15H2,1H3,(H,24,26)/t20-,21+/m1/s1. The van der Waals surface area contributed by atoms with Crippen molar-refractivity contribution in [2.45, 2.75) is 18.6 Å². The van der Waals surface area contributed by atoms with Crippen molar-refractivity contribution in [3.8, 4) is 5.75 Å². The predicted octanol–water partition coefficient (Wildman–Crippen LogP) is 2.49. The number of fused-ring (bicyclic) bond motifs is 1. The summed E-state index contributed by atoms with van der Waals surface area (Å²) in [6.07, 6.45) is -0.419. The number of carbonyl (C=O) groups is 2. The smallest absolute Gasteiger partial charge is 0.339 e. The van der Waals surface area contributed by atoms with E-state index in [-0.39, 0.29) is 24.3 Å². The molecule has 2 aromatic carbocycles. The molecule has 1 amide bonds. The number of nitrogens with one attached hydrogen (secondary N) is 1. The summed E-state index contributed by atoms with van der Waals surface area (Å²) in [5.74, 6) is 0.286. The first-order valence-electron chi connectivity index (χ1n) is 10.2. The van der Waals surface area contributed by atoms with Crippen molar-refractivity contribution < 1.29 is 23.8 Å². The Bertz CT molecular complexity index is 893. The molecule has 0 spiro atoms. The van der Waals surface area contributed by atoms with E-state index in [1.165, 1.54) is 0 Å². The maximum Gasteiger partial charge on any atom is 0.339 e. The molecule has 2 aromatic rings. The van der Waals surface area contributed by atoms with E-state index < -0.39 is 6.10 Å². The summed E-state index contributed by atoms with van der Waals surface area (Å²) in [5, 5.41) is 3.04. The third-order valence-electron chi connectivity index (χ3n) is 5.63. The van der Waals surface area contributed by atoms with Gasteiger partial charge in [0.2, 0.25) is 5.91 Å². The molecular formula is C23H26N2O5. The van der Waals surface area contributed by atoms with Crippen LogP contribution < -0.4 is 10.1 Å². The number of esters is 1. The van der Waals surface area contributed by atoms with E-state index in [9.17, 15) is 9.59 Å². The molecule has 0 aliphatic carbocycles. The number of hydrogen-bond donors (Lipinski definition) is 1. The fraction of sp³-hybridized carbons (Fsp3) is 0.391. The highest BCUT2D eigenvalue weighted by Crippen LogP contribution is 2.32. The molecule has 2 heterocycles. The molecule has 4 rings (SSSR count). The molecule has 1 saturated heterocycles. The van der Waals surface area contributed by atoms with E-state index in [0.717, 1.165) is 30.0 Å². The van der Waals surface area contributed by atoms with Crippen LogP contribution in [-0.4, -0.2) is 56.7 Å². The van der Waals surface area contributed by atoms with Crippen LogP contribution in [0.25, 0.3) is 0 Å². The number of amides is 1. The monoisotopic (exact) mass is 410 g/mol. The Morgan fingerprint density at radius 3 is 2.63 bits per heavy atom. The van der Waals surface area contributed by atoms with Crippen LogP contribution in [0.5, 0.6) is 5.75 Å². The lowest BCUT2D eigenvalue weighted by atomic mass is 10.0. The zero-order chi connectivity index (χ0) is 20.9. The van der Waals surface area contributed by atoms with Gasteiger partial charge in [-0.2, -0.15) is 0 Å². The molecule has 158 valence electrons. The van der Waals surface area contributed by atoms with E-state index in [1.54, 1.807) is 19.2 Å². The molecule has 0 unspecified atom stereocenters. The molecule has 1 N–H and O–H groups in total. The third-order valence-corrected chi connectivity index (χ3v) is 5.63. The summed E-state index contributed by atoms with van der Waals surface area (Å²) in [7, 11) is 1.64. The molecule has 7 nitrogen and oxygen atoms in total. The minimum Gasteiger partial charge on any atom is -0.497 e. The average Bonchev–Trinajstić information content (AvgIpc) is 3.10. The van der Waals surface area contributed by atoms with Gasteiger partial charge >= 0.3 is 5.97 Å². The number of rotatable bonds is 7. The lowest BCUT2D eigenvalue weighted by Crippen LogP contribution is -2.44. The molecule has 2 atom stereocenters. The molecule has 1 fully saturated rings. The Kier molecular flexibility index (Phi) is 6.30. The molecule has 2 aliphatic rings. The second-order valence-electron chi connectivity index (χ2n) is 7.43. The summed E-state index contributed by atoms with van der Waals surface area (Å²) in [4.78, 5) is 27.0. The molecule has 0 aromatic heterocycles. The number of cyclic esters (lactones) is 1. The quantitative estimate of drug-likeness (QED) is 0.707. The van der Waals surface area contributed by atoms with Gasteiger partial charge in [0.05, 0.1) is 38.3 Å². The number of carbonyl (C=O) groups excluding carboxylic acids is 2. The first-order chi connectivity index (χ1) is 14.7. The summed E-state index contributed by atoms with van der Waals surface area (Å²) in [6.45, 7) is 3.43. The van der Waals surface area contributed by atoms with Gasteiger partial charge in [-0.1, -0.05) is 30.3 Å². The van der Waals surface area contributed by atoms with E-state index in [0.29, 0.717) is 25.3 Å². The summed E-state index contributed by atoms with van der Waals surface area (Å²) >= 11 is 0. The van der Waals surface area contributed by atoms with Crippen LogP contribution in [0.2, 0.25) is 0 Å². The number of ether oxygens (including phenoxy) is 3. The largest absolute Gasteiger partial charge is 0.497 e. The van der Waals surface area contributed by atoms with Gasteiger partial charge in [0, 0.05) is 25.2 Å². The number of nitrogens with zero attached hydrogens (tertiary/aromatic N) is 1. The Balaban J connectivity index is 1.41. The van der Waals surface area contributed by atoms with Crippen molar-refractivity contribution in [1.29, 1.82) is 0 Å². The third kappa shape index (κ3) is 4.47. The van der Waals surface area contributed by atoms with E-state index in [1.807, 2.05) is 36.4 Å². The van der Waals surface area contributed by atoms with Gasteiger partial charge in [0.25, 0.3) is 0 Å². The summed E-state index contributed by atoms with van der Waals surface area (Å²) in [5.41, 5.74) is 2.42. The lowest BCUT2D eigenvalue weighted by molar-refractivity contribution is -0.123. The Hall–Kier alpha value is -2.90. The van der Waals surface area contributed by atoms with E-state index in [2.05, 4.69) is 10.2 Å². The summed E-state index contributed by atoms with van der Waals surface area (Å²) < 4.78 is 16.1. The highest BCUT2D eigenvalue weighted by atomic mass is 16.5. The van der Waals surface area contributed by atoms with Crippen molar-refractivity contribution in [3.05, 3.63) is 65.2 Å². The van der Waals surface area contributed by atoms with Crippen molar-refractivity contribution in [1.82, 2.24) is 10.2 Å². The molecular weight excluding hydrogens is 384 g/mol. The van der Waals surface area contributed by atoms with Gasteiger partial charge in [-0.05, 0) is 23.8 Å². The van der Waals surface area contributed by atoms with Gasteiger partial charge in [-0.3, -0.25) is 9.69 Å². The van der Waals surface area contributed by atoms with E-state index >= 15 is 0 Å². The zero-order valence-corrected chi connectivity index (χ0v) is 17.0.